The number of nitrogens with one attached hydrogen (secondary N) is 1. The van der Waals surface area contributed by atoms with E-state index in [1.165, 1.54) is 11.3 Å². The third kappa shape index (κ3) is 6.27. The van der Waals surface area contributed by atoms with Crippen LogP contribution in [-0.2, 0) is 6.42 Å². The van der Waals surface area contributed by atoms with Gasteiger partial charge in [-0.05, 0) is 49.4 Å². The molecule has 0 saturated carbocycles. The first-order valence-corrected chi connectivity index (χ1v) is 12.7. The Labute approximate surface area is 215 Å². The molecule has 2 aliphatic heterocycles. The summed E-state index contributed by atoms with van der Waals surface area (Å²) in [5.74, 6) is 2.98. The van der Waals surface area contributed by atoms with Crippen molar-refractivity contribution in [1.29, 1.82) is 0 Å². The molecule has 2 aromatic carbocycles. The molecule has 198 valence electrons. The molecule has 0 bridgehead atoms. The number of nitrogens with zero attached hydrogens (tertiary/aromatic N) is 4. The van der Waals surface area contributed by atoms with Crippen LogP contribution in [0.4, 0.5) is 11.4 Å². The Balaban J connectivity index is 1.30. The molecule has 0 spiro atoms. The second kappa shape index (κ2) is 12.4. The van der Waals surface area contributed by atoms with Crippen LogP contribution < -0.4 is 29.3 Å². The van der Waals surface area contributed by atoms with Gasteiger partial charge in [0.2, 0.25) is 5.75 Å². The average molecular weight is 500 g/mol. The fourth-order valence-corrected chi connectivity index (χ4v) is 4.89. The first-order chi connectivity index (χ1) is 17.5. The topological polar surface area (TPSA) is 61.9 Å². The van der Waals surface area contributed by atoms with Gasteiger partial charge in [-0.25, -0.2) is 5.01 Å². The van der Waals surface area contributed by atoms with Gasteiger partial charge in [0.25, 0.3) is 0 Å². The van der Waals surface area contributed by atoms with E-state index in [1.807, 2.05) is 12.1 Å². The molecule has 0 atom stereocenters. The maximum absolute atomic E-state index is 5.66. The number of hydrogen-bond acceptors (Lipinski definition) is 9. The molecule has 0 amide bonds. The minimum absolute atomic E-state index is 0.637. The smallest absolute Gasteiger partial charge is 0.203 e. The third-order valence-corrected chi connectivity index (χ3v) is 7.12. The van der Waals surface area contributed by atoms with Crippen molar-refractivity contribution in [2.45, 2.75) is 6.42 Å². The molecule has 36 heavy (non-hydrogen) atoms. The highest BCUT2D eigenvalue weighted by Crippen LogP contribution is 2.38. The fourth-order valence-electron chi connectivity index (χ4n) is 4.89. The second-order valence-corrected chi connectivity index (χ2v) is 9.40. The molecule has 2 heterocycles. The van der Waals surface area contributed by atoms with Gasteiger partial charge in [0, 0.05) is 58.9 Å². The lowest BCUT2D eigenvalue weighted by Gasteiger charge is -2.36. The van der Waals surface area contributed by atoms with Gasteiger partial charge < -0.3 is 39.1 Å². The molecule has 0 unspecified atom stereocenters. The standard InChI is InChI=1S/C27H41N5O4/c1-29-10-14-31(15-11-29)23-20-22(6-7-24(23)33-2)28-32-16-12-30(13-17-32)9-8-21-18-25(34-3)27(36-5)26(19-21)35-4/h6-7,18-20,28H,8-17H2,1-5H3. The number of anilines is 2. The SMILES string of the molecule is COc1ccc(NN2CCN(CCc3cc(OC)c(OC)c(OC)c3)CC2)cc1N1CCN(C)CC1. The number of likely N-dealkylation sites (N-methyl/N-ethyl adjacent to an activating group) is 1. The van der Waals surface area contributed by atoms with Crippen LogP contribution >= 0.6 is 0 Å². The Kier molecular flexibility index (Phi) is 9.01. The van der Waals surface area contributed by atoms with Crippen LogP contribution in [0.2, 0.25) is 0 Å². The summed E-state index contributed by atoms with van der Waals surface area (Å²) in [6.45, 7) is 9.11. The Hall–Kier alpha value is -2.88. The van der Waals surface area contributed by atoms with E-state index in [4.69, 9.17) is 18.9 Å². The first kappa shape index (κ1) is 26.2. The minimum Gasteiger partial charge on any atom is -0.495 e. The van der Waals surface area contributed by atoms with Gasteiger partial charge in [-0.15, -0.1) is 0 Å². The van der Waals surface area contributed by atoms with Crippen molar-refractivity contribution in [3.8, 4) is 23.0 Å². The van der Waals surface area contributed by atoms with E-state index >= 15 is 0 Å². The predicted molar refractivity (Wildman–Crippen MR) is 144 cm³/mol. The number of rotatable bonds is 10. The Morgan fingerprint density at radius 2 is 1.36 bits per heavy atom. The number of methoxy groups -OCH3 is 4. The van der Waals surface area contributed by atoms with Crippen LogP contribution in [0, 0.1) is 0 Å². The van der Waals surface area contributed by atoms with E-state index in [9.17, 15) is 0 Å². The predicted octanol–water partition coefficient (Wildman–Crippen LogP) is 2.66. The zero-order valence-electron chi connectivity index (χ0n) is 22.4. The van der Waals surface area contributed by atoms with Gasteiger partial charge in [-0.1, -0.05) is 0 Å². The lowest BCUT2D eigenvalue weighted by atomic mass is 10.1. The Morgan fingerprint density at radius 1 is 0.722 bits per heavy atom. The summed E-state index contributed by atoms with van der Waals surface area (Å²) < 4.78 is 22.1. The normalized spacial score (nSPS) is 17.6. The number of hydrazine groups is 1. The fraction of sp³-hybridized carbons (Fsp3) is 0.556. The summed E-state index contributed by atoms with van der Waals surface area (Å²) in [6.07, 6.45) is 0.928. The molecule has 2 aliphatic rings. The quantitative estimate of drug-likeness (QED) is 0.532. The van der Waals surface area contributed by atoms with E-state index in [0.29, 0.717) is 17.2 Å². The molecule has 0 radical (unpaired) electrons. The van der Waals surface area contributed by atoms with Gasteiger partial charge in [0.1, 0.15) is 5.75 Å². The van der Waals surface area contributed by atoms with E-state index in [2.05, 4.69) is 50.4 Å². The molecular formula is C27H41N5O4. The average Bonchev–Trinajstić information content (AvgIpc) is 2.92. The molecule has 2 aromatic rings. The van der Waals surface area contributed by atoms with Crippen LogP contribution in [-0.4, -0.2) is 109 Å². The van der Waals surface area contributed by atoms with Crippen molar-refractivity contribution < 1.29 is 18.9 Å². The molecule has 0 aromatic heterocycles. The monoisotopic (exact) mass is 499 g/mol. The molecule has 9 nitrogen and oxygen atoms in total. The van der Waals surface area contributed by atoms with E-state index in [-0.39, 0.29) is 0 Å². The molecular weight excluding hydrogens is 458 g/mol. The van der Waals surface area contributed by atoms with Crippen molar-refractivity contribution in [1.82, 2.24) is 14.8 Å². The molecule has 2 saturated heterocycles. The lowest BCUT2D eigenvalue weighted by molar-refractivity contribution is 0.154. The molecule has 0 aliphatic carbocycles. The summed E-state index contributed by atoms with van der Waals surface area (Å²) in [5, 5.41) is 2.31. The van der Waals surface area contributed by atoms with Gasteiger partial charge in [-0.2, -0.15) is 0 Å². The highest BCUT2D eigenvalue weighted by Gasteiger charge is 2.21. The van der Waals surface area contributed by atoms with E-state index < -0.39 is 0 Å². The summed E-state index contributed by atoms with van der Waals surface area (Å²) in [7, 11) is 8.87. The van der Waals surface area contributed by atoms with Gasteiger partial charge in [0.15, 0.2) is 11.5 Å². The van der Waals surface area contributed by atoms with Crippen molar-refractivity contribution in [3.05, 3.63) is 35.9 Å². The van der Waals surface area contributed by atoms with Crippen LogP contribution in [0.25, 0.3) is 0 Å². The highest BCUT2D eigenvalue weighted by atomic mass is 16.5. The van der Waals surface area contributed by atoms with Crippen molar-refractivity contribution in [2.75, 3.05) is 105 Å². The van der Waals surface area contributed by atoms with Crippen molar-refractivity contribution >= 4 is 11.4 Å². The maximum atomic E-state index is 5.66. The first-order valence-electron chi connectivity index (χ1n) is 12.7. The summed E-state index contributed by atoms with van der Waals surface area (Å²) in [5.41, 5.74) is 7.08. The number of hydrogen-bond donors (Lipinski definition) is 1. The number of piperazine rings is 2. The molecule has 4 rings (SSSR count). The van der Waals surface area contributed by atoms with E-state index in [1.54, 1.807) is 28.4 Å². The van der Waals surface area contributed by atoms with E-state index in [0.717, 1.165) is 76.8 Å². The summed E-state index contributed by atoms with van der Waals surface area (Å²) in [4.78, 5) is 7.29. The Morgan fingerprint density at radius 3 is 1.94 bits per heavy atom. The summed E-state index contributed by atoms with van der Waals surface area (Å²) >= 11 is 0. The second-order valence-electron chi connectivity index (χ2n) is 9.40. The Bertz CT molecular complexity index is 963. The van der Waals surface area contributed by atoms with Crippen LogP contribution in [0.1, 0.15) is 5.56 Å². The minimum atomic E-state index is 0.637. The van der Waals surface area contributed by atoms with Crippen LogP contribution in [0.5, 0.6) is 23.0 Å². The molecule has 1 N–H and O–H groups in total. The highest BCUT2D eigenvalue weighted by molar-refractivity contribution is 5.66. The third-order valence-electron chi connectivity index (χ3n) is 7.12. The number of ether oxygens (including phenoxy) is 4. The molecule has 2 fully saturated rings. The summed E-state index contributed by atoms with van der Waals surface area (Å²) in [6, 6.07) is 10.5. The number of benzene rings is 2. The van der Waals surface area contributed by atoms with Crippen molar-refractivity contribution in [3.63, 3.8) is 0 Å². The van der Waals surface area contributed by atoms with Crippen LogP contribution in [0.15, 0.2) is 30.3 Å². The van der Waals surface area contributed by atoms with Gasteiger partial charge >= 0.3 is 0 Å². The zero-order chi connectivity index (χ0) is 25.5. The van der Waals surface area contributed by atoms with Crippen molar-refractivity contribution in [2.24, 2.45) is 0 Å². The molecule has 9 heteroatoms. The van der Waals surface area contributed by atoms with Gasteiger partial charge in [-0.3, -0.25) is 0 Å². The lowest BCUT2D eigenvalue weighted by Crippen LogP contribution is -2.49. The largest absolute Gasteiger partial charge is 0.495 e. The van der Waals surface area contributed by atoms with Crippen LogP contribution in [0.3, 0.4) is 0 Å². The zero-order valence-corrected chi connectivity index (χ0v) is 22.4. The maximum Gasteiger partial charge on any atom is 0.203 e. The van der Waals surface area contributed by atoms with Gasteiger partial charge in [0.05, 0.1) is 39.8 Å².